The fourth-order valence-corrected chi connectivity index (χ4v) is 1.83. The van der Waals surface area contributed by atoms with Gasteiger partial charge in [-0.3, -0.25) is 0 Å². The van der Waals surface area contributed by atoms with E-state index in [9.17, 15) is 13.2 Å². The first-order valence-electron chi connectivity index (χ1n) is 6.55. The Morgan fingerprint density at radius 2 is 1.85 bits per heavy atom. The first-order chi connectivity index (χ1) is 9.31. The van der Waals surface area contributed by atoms with Crippen LogP contribution in [0.4, 0.5) is 13.2 Å². The fraction of sp³-hybridized carbons (Fsp3) is 0.571. The van der Waals surface area contributed by atoms with Gasteiger partial charge in [-0.1, -0.05) is 12.1 Å². The summed E-state index contributed by atoms with van der Waals surface area (Å²) in [5.74, 6) is 0.758. The third-order valence-corrected chi connectivity index (χ3v) is 2.90. The van der Waals surface area contributed by atoms with Crippen molar-refractivity contribution in [1.29, 1.82) is 0 Å². The Morgan fingerprint density at radius 3 is 2.35 bits per heavy atom. The number of likely N-dealkylation sites (N-methyl/N-ethyl adjacent to an activating group) is 1. The smallest absolute Gasteiger partial charge is 0.390 e. The summed E-state index contributed by atoms with van der Waals surface area (Å²) in [4.78, 5) is 1.59. The van der Waals surface area contributed by atoms with Crippen LogP contribution in [-0.4, -0.2) is 37.8 Å². The zero-order chi connectivity index (χ0) is 15.2. The number of alkyl halides is 3. The summed E-state index contributed by atoms with van der Waals surface area (Å²) in [5, 5.41) is 0. The van der Waals surface area contributed by atoms with Gasteiger partial charge in [-0.2, -0.15) is 13.2 Å². The van der Waals surface area contributed by atoms with Crippen molar-refractivity contribution in [2.24, 2.45) is 5.73 Å². The molecule has 1 aromatic carbocycles. The number of ether oxygens (including phenoxy) is 1. The molecule has 0 radical (unpaired) electrons. The first kappa shape index (κ1) is 16.8. The van der Waals surface area contributed by atoms with E-state index in [1.54, 1.807) is 11.9 Å². The van der Waals surface area contributed by atoms with Crippen molar-refractivity contribution in [3.63, 3.8) is 0 Å². The van der Waals surface area contributed by atoms with Gasteiger partial charge >= 0.3 is 6.18 Å². The van der Waals surface area contributed by atoms with Gasteiger partial charge in [0.2, 0.25) is 0 Å². The molecule has 0 heterocycles. The van der Waals surface area contributed by atoms with Crippen LogP contribution < -0.4 is 10.5 Å². The lowest BCUT2D eigenvalue weighted by atomic mass is 10.1. The highest BCUT2D eigenvalue weighted by Gasteiger charge is 2.27. The molecular formula is C14H21F3N2O. The molecule has 0 fully saturated rings. The molecule has 0 bridgehead atoms. The highest BCUT2D eigenvalue weighted by molar-refractivity contribution is 5.29. The molecule has 1 unspecified atom stereocenters. The van der Waals surface area contributed by atoms with Crippen molar-refractivity contribution < 1.29 is 17.9 Å². The highest BCUT2D eigenvalue weighted by Crippen LogP contribution is 2.21. The van der Waals surface area contributed by atoms with Crippen LogP contribution in [0.25, 0.3) is 0 Å². The van der Waals surface area contributed by atoms with Gasteiger partial charge in [0.05, 0.1) is 13.0 Å². The van der Waals surface area contributed by atoms with E-state index in [4.69, 9.17) is 10.5 Å². The zero-order valence-electron chi connectivity index (χ0n) is 11.8. The Bertz CT molecular complexity index is 392. The van der Waals surface area contributed by atoms with E-state index in [-0.39, 0.29) is 12.6 Å². The van der Waals surface area contributed by atoms with Crippen molar-refractivity contribution in [2.45, 2.75) is 25.6 Å². The van der Waals surface area contributed by atoms with Crippen LogP contribution in [0.15, 0.2) is 24.3 Å². The van der Waals surface area contributed by atoms with Crippen molar-refractivity contribution in [2.75, 3.05) is 26.7 Å². The van der Waals surface area contributed by atoms with Crippen molar-refractivity contribution in [1.82, 2.24) is 4.90 Å². The van der Waals surface area contributed by atoms with E-state index in [1.165, 1.54) is 0 Å². The topological polar surface area (TPSA) is 38.5 Å². The Kier molecular flexibility index (Phi) is 6.29. The van der Waals surface area contributed by atoms with E-state index in [2.05, 4.69) is 0 Å². The van der Waals surface area contributed by atoms with E-state index in [0.29, 0.717) is 13.2 Å². The maximum Gasteiger partial charge on any atom is 0.390 e. The minimum atomic E-state index is -4.13. The molecule has 1 rings (SSSR count). The summed E-state index contributed by atoms with van der Waals surface area (Å²) in [7, 11) is 1.64. The molecule has 0 aliphatic rings. The van der Waals surface area contributed by atoms with Gasteiger partial charge in [0.1, 0.15) is 5.75 Å². The number of nitrogens with two attached hydrogens (primary N) is 1. The number of hydrogen-bond acceptors (Lipinski definition) is 3. The summed E-state index contributed by atoms with van der Waals surface area (Å²) >= 11 is 0. The molecule has 0 aliphatic carbocycles. The number of hydrogen-bond donors (Lipinski definition) is 1. The third-order valence-electron chi connectivity index (χ3n) is 2.90. The van der Waals surface area contributed by atoms with E-state index in [1.807, 2.05) is 31.2 Å². The first-order valence-corrected chi connectivity index (χ1v) is 6.55. The van der Waals surface area contributed by atoms with Gasteiger partial charge in [-0.15, -0.1) is 0 Å². The normalized spacial score (nSPS) is 13.6. The standard InChI is InChI=1S/C14H21F3N2O/c1-3-20-12-6-4-11(5-7-12)13(18)10-19(2)9-8-14(15,16)17/h4-7,13H,3,8-10,18H2,1-2H3. The lowest BCUT2D eigenvalue weighted by Gasteiger charge is -2.22. The fourth-order valence-electron chi connectivity index (χ4n) is 1.83. The molecule has 0 aromatic heterocycles. The second-order valence-corrected chi connectivity index (χ2v) is 4.74. The maximum atomic E-state index is 12.1. The molecule has 3 nitrogen and oxygen atoms in total. The molecule has 6 heteroatoms. The zero-order valence-corrected chi connectivity index (χ0v) is 11.8. The lowest BCUT2D eigenvalue weighted by Crippen LogP contribution is -2.31. The molecule has 114 valence electrons. The Hall–Kier alpha value is -1.27. The van der Waals surface area contributed by atoms with Gasteiger partial charge < -0.3 is 15.4 Å². The second kappa shape index (κ2) is 7.50. The van der Waals surface area contributed by atoms with Crippen LogP contribution in [0.5, 0.6) is 5.75 Å². The largest absolute Gasteiger partial charge is 0.494 e. The third kappa shape index (κ3) is 6.25. The maximum absolute atomic E-state index is 12.1. The summed E-state index contributed by atoms with van der Waals surface area (Å²) < 4.78 is 41.7. The predicted octanol–water partition coefficient (Wildman–Crippen LogP) is 2.97. The van der Waals surface area contributed by atoms with Gasteiger partial charge in [0.25, 0.3) is 0 Å². The molecule has 20 heavy (non-hydrogen) atoms. The van der Waals surface area contributed by atoms with Gasteiger partial charge in [-0.05, 0) is 31.7 Å². The molecule has 0 spiro atoms. The molecular weight excluding hydrogens is 269 g/mol. The van der Waals surface area contributed by atoms with Crippen LogP contribution in [0.2, 0.25) is 0 Å². The summed E-state index contributed by atoms with van der Waals surface area (Å²) in [5.41, 5.74) is 6.88. The highest BCUT2D eigenvalue weighted by atomic mass is 19.4. The number of halogens is 3. The molecule has 2 N–H and O–H groups in total. The Labute approximate surface area is 117 Å². The number of nitrogens with zero attached hydrogens (tertiary/aromatic N) is 1. The van der Waals surface area contributed by atoms with E-state index < -0.39 is 12.6 Å². The van der Waals surface area contributed by atoms with Crippen molar-refractivity contribution in [3.05, 3.63) is 29.8 Å². The van der Waals surface area contributed by atoms with Gasteiger partial charge in [0, 0.05) is 19.1 Å². The van der Waals surface area contributed by atoms with E-state index >= 15 is 0 Å². The van der Waals surface area contributed by atoms with Crippen molar-refractivity contribution in [3.8, 4) is 5.75 Å². The lowest BCUT2D eigenvalue weighted by molar-refractivity contribution is -0.137. The van der Waals surface area contributed by atoms with E-state index in [0.717, 1.165) is 11.3 Å². The molecule has 0 amide bonds. The molecule has 0 aliphatic heterocycles. The molecule has 1 aromatic rings. The Morgan fingerprint density at radius 1 is 1.25 bits per heavy atom. The molecule has 1 atom stereocenters. The molecule has 0 saturated carbocycles. The monoisotopic (exact) mass is 290 g/mol. The average Bonchev–Trinajstić information content (AvgIpc) is 2.37. The van der Waals surface area contributed by atoms with Crippen LogP contribution in [0.1, 0.15) is 24.9 Å². The quantitative estimate of drug-likeness (QED) is 0.839. The van der Waals surface area contributed by atoms with Crippen LogP contribution in [0.3, 0.4) is 0 Å². The number of benzene rings is 1. The van der Waals surface area contributed by atoms with Gasteiger partial charge in [-0.25, -0.2) is 0 Å². The SMILES string of the molecule is CCOc1ccc(C(N)CN(C)CCC(F)(F)F)cc1. The van der Waals surface area contributed by atoms with Crippen molar-refractivity contribution >= 4 is 0 Å². The van der Waals surface area contributed by atoms with Crippen LogP contribution >= 0.6 is 0 Å². The molecule has 0 saturated heterocycles. The van der Waals surface area contributed by atoms with Crippen LogP contribution in [-0.2, 0) is 0 Å². The summed E-state index contributed by atoms with van der Waals surface area (Å²) in [6.07, 6.45) is -4.95. The van der Waals surface area contributed by atoms with Crippen LogP contribution in [0, 0.1) is 0 Å². The minimum Gasteiger partial charge on any atom is -0.494 e. The predicted molar refractivity (Wildman–Crippen MR) is 72.7 cm³/mol. The van der Waals surface area contributed by atoms with Gasteiger partial charge in [0.15, 0.2) is 0 Å². The summed E-state index contributed by atoms with van der Waals surface area (Å²) in [6, 6.07) is 6.99. The Balaban J connectivity index is 2.47. The minimum absolute atomic E-state index is 0.0474. The summed E-state index contributed by atoms with van der Waals surface area (Å²) in [6.45, 7) is 2.82. The average molecular weight is 290 g/mol. The second-order valence-electron chi connectivity index (χ2n) is 4.74. The number of rotatable bonds is 7.